The Labute approximate surface area is 129 Å². The minimum Gasteiger partial charge on any atom is -0.351 e. The van der Waals surface area contributed by atoms with Gasteiger partial charge in [0.2, 0.25) is 0 Å². The Hall–Kier alpha value is -1.30. The van der Waals surface area contributed by atoms with E-state index in [-0.39, 0.29) is 5.92 Å². The molecule has 122 valence electrons. The van der Waals surface area contributed by atoms with Crippen molar-refractivity contribution in [2.75, 3.05) is 24.5 Å². The lowest BCUT2D eigenvalue weighted by Crippen LogP contribution is -2.57. The molecule has 2 aliphatic heterocycles. The summed E-state index contributed by atoms with van der Waals surface area (Å²) in [6.07, 6.45) is -2.46. The van der Waals surface area contributed by atoms with E-state index >= 15 is 0 Å². The van der Waals surface area contributed by atoms with Crippen molar-refractivity contribution >= 4 is 5.82 Å². The van der Waals surface area contributed by atoms with Gasteiger partial charge in [-0.05, 0) is 37.8 Å². The monoisotopic (exact) mass is 313 g/mol. The van der Waals surface area contributed by atoms with Crippen LogP contribution in [0.5, 0.6) is 0 Å². The lowest BCUT2D eigenvalue weighted by atomic mass is 9.86. The average Bonchev–Trinajstić information content (AvgIpc) is 2.45. The van der Waals surface area contributed by atoms with Crippen molar-refractivity contribution in [3.8, 4) is 0 Å². The number of aromatic nitrogens is 1. The number of alkyl halides is 3. The molecular formula is C16H22F3N3. The van der Waals surface area contributed by atoms with Crippen molar-refractivity contribution in [3.05, 3.63) is 23.4 Å². The van der Waals surface area contributed by atoms with Crippen molar-refractivity contribution < 1.29 is 13.2 Å². The topological polar surface area (TPSA) is 19.4 Å². The summed E-state index contributed by atoms with van der Waals surface area (Å²) in [5.41, 5.74) is 0.0986. The minimum atomic E-state index is -4.32. The van der Waals surface area contributed by atoms with E-state index in [2.05, 4.69) is 28.6 Å². The fourth-order valence-electron chi connectivity index (χ4n) is 3.60. The largest absolute Gasteiger partial charge is 0.417 e. The number of rotatable bonds is 1. The fourth-order valence-corrected chi connectivity index (χ4v) is 3.60. The molecule has 1 saturated heterocycles. The zero-order chi connectivity index (χ0) is 16.1. The van der Waals surface area contributed by atoms with Gasteiger partial charge in [-0.3, -0.25) is 4.90 Å². The summed E-state index contributed by atoms with van der Waals surface area (Å²) >= 11 is 0. The van der Waals surface area contributed by atoms with Crippen LogP contribution in [0, 0.1) is 0 Å². The molecule has 1 fully saturated rings. The molecule has 0 amide bonds. The number of halogens is 3. The summed E-state index contributed by atoms with van der Waals surface area (Å²) in [5, 5.41) is 0. The molecule has 6 heteroatoms. The second-order valence-electron chi connectivity index (χ2n) is 6.71. The Morgan fingerprint density at radius 1 is 1.27 bits per heavy atom. The van der Waals surface area contributed by atoms with E-state index in [0.717, 1.165) is 43.6 Å². The van der Waals surface area contributed by atoms with Gasteiger partial charge in [0.25, 0.3) is 0 Å². The quantitative estimate of drug-likeness (QED) is 0.791. The highest BCUT2D eigenvalue weighted by Gasteiger charge is 2.38. The number of anilines is 1. The zero-order valence-corrected chi connectivity index (χ0v) is 13.2. The van der Waals surface area contributed by atoms with Gasteiger partial charge in [-0.2, -0.15) is 13.2 Å². The van der Waals surface area contributed by atoms with E-state index in [1.807, 2.05) is 6.92 Å². The number of pyridine rings is 1. The van der Waals surface area contributed by atoms with Crippen LogP contribution in [0.3, 0.4) is 0 Å². The SMILES string of the molecule is CC1CC2CN(C(C)C)CCN2c2ncc(C(F)(F)F)cc21. The summed E-state index contributed by atoms with van der Waals surface area (Å²) in [6, 6.07) is 2.14. The molecule has 0 aliphatic carbocycles. The van der Waals surface area contributed by atoms with Crippen LogP contribution in [-0.4, -0.2) is 41.6 Å². The van der Waals surface area contributed by atoms with Gasteiger partial charge in [-0.1, -0.05) is 6.92 Å². The van der Waals surface area contributed by atoms with Gasteiger partial charge < -0.3 is 4.90 Å². The van der Waals surface area contributed by atoms with E-state index in [4.69, 9.17) is 0 Å². The van der Waals surface area contributed by atoms with Crippen LogP contribution in [0.2, 0.25) is 0 Å². The molecule has 3 rings (SSSR count). The van der Waals surface area contributed by atoms with Crippen molar-refractivity contribution in [1.29, 1.82) is 0 Å². The molecule has 3 heterocycles. The molecule has 2 atom stereocenters. The van der Waals surface area contributed by atoms with E-state index in [1.165, 1.54) is 6.07 Å². The van der Waals surface area contributed by atoms with Crippen LogP contribution >= 0.6 is 0 Å². The van der Waals surface area contributed by atoms with Crippen LogP contribution in [0.4, 0.5) is 19.0 Å². The maximum atomic E-state index is 12.9. The Balaban J connectivity index is 1.91. The maximum Gasteiger partial charge on any atom is 0.417 e. The smallest absolute Gasteiger partial charge is 0.351 e. The standard InChI is InChI=1S/C16H22F3N3/c1-10(2)21-4-5-22-13(9-21)6-11(3)14-7-12(16(17,18)19)8-20-15(14)22/h7-8,10-11,13H,4-6,9H2,1-3H3. The number of piperazine rings is 1. The Kier molecular flexibility index (Phi) is 3.83. The van der Waals surface area contributed by atoms with Gasteiger partial charge in [0, 0.05) is 37.9 Å². The summed E-state index contributed by atoms with van der Waals surface area (Å²) < 4.78 is 38.7. The van der Waals surface area contributed by atoms with Crippen LogP contribution in [-0.2, 0) is 6.18 Å². The molecule has 1 aromatic heterocycles. The number of hydrogen-bond donors (Lipinski definition) is 0. The summed E-state index contributed by atoms with van der Waals surface area (Å²) in [5.74, 6) is 0.860. The van der Waals surface area contributed by atoms with Gasteiger partial charge in [0.05, 0.1) is 5.56 Å². The van der Waals surface area contributed by atoms with E-state index in [0.29, 0.717) is 12.1 Å². The first kappa shape index (κ1) is 15.6. The van der Waals surface area contributed by atoms with Gasteiger partial charge >= 0.3 is 6.18 Å². The Bertz CT molecular complexity index is 556. The first-order valence-electron chi connectivity index (χ1n) is 7.85. The Morgan fingerprint density at radius 3 is 2.64 bits per heavy atom. The molecule has 1 aromatic rings. The average molecular weight is 313 g/mol. The first-order valence-corrected chi connectivity index (χ1v) is 7.85. The third-order valence-corrected chi connectivity index (χ3v) is 4.90. The first-order chi connectivity index (χ1) is 10.3. The predicted octanol–water partition coefficient (Wildman–Crippen LogP) is 3.51. The van der Waals surface area contributed by atoms with Crippen LogP contribution in [0.1, 0.15) is 44.2 Å². The molecule has 0 spiro atoms. The molecule has 2 aliphatic rings. The van der Waals surface area contributed by atoms with Crippen LogP contribution in [0.15, 0.2) is 12.3 Å². The highest BCUT2D eigenvalue weighted by atomic mass is 19.4. The molecule has 0 bridgehead atoms. The molecule has 0 saturated carbocycles. The van der Waals surface area contributed by atoms with Crippen molar-refractivity contribution in [2.24, 2.45) is 0 Å². The highest BCUT2D eigenvalue weighted by molar-refractivity contribution is 5.54. The maximum absolute atomic E-state index is 12.9. The third-order valence-electron chi connectivity index (χ3n) is 4.90. The minimum absolute atomic E-state index is 0.109. The van der Waals surface area contributed by atoms with Crippen molar-refractivity contribution in [2.45, 2.75) is 51.4 Å². The molecule has 2 unspecified atom stereocenters. The Morgan fingerprint density at radius 2 is 2.00 bits per heavy atom. The lowest BCUT2D eigenvalue weighted by Gasteiger charge is -2.48. The highest BCUT2D eigenvalue weighted by Crippen LogP contribution is 2.41. The summed E-state index contributed by atoms with van der Waals surface area (Å²) in [4.78, 5) is 8.81. The number of hydrogen-bond acceptors (Lipinski definition) is 3. The number of fused-ring (bicyclic) bond motifs is 3. The molecular weight excluding hydrogens is 291 g/mol. The van der Waals surface area contributed by atoms with Crippen LogP contribution in [0.25, 0.3) is 0 Å². The van der Waals surface area contributed by atoms with Gasteiger partial charge in [0.1, 0.15) is 5.82 Å². The third kappa shape index (κ3) is 2.69. The zero-order valence-electron chi connectivity index (χ0n) is 13.2. The summed E-state index contributed by atoms with van der Waals surface area (Å²) in [6.45, 7) is 9.11. The second kappa shape index (κ2) is 5.41. The second-order valence-corrected chi connectivity index (χ2v) is 6.71. The van der Waals surface area contributed by atoms with Gasteiger partial charge in [0.15, 0.2) is 0 Å². The molecule has 0 N–H and O–H groups in total. The predicted molar refractivity (Wildman–Crippen MR) is 80.1 cm³/mol. The lowest BCUT2D eigenvalue weighted by molar-refractivity contribution is -0.137. The summed E-state index contributed by atoms with van der Waals surface area (Å²) in [7, 11) is 0. The van der Waals surface area contributed by atoms with Crippen molar-refractivity contribution in [1.82, 2.24) is 9.88 Å². The molecule has 0 aromatic carbocycles. The fraction of sp³-hybridized carbons (Fsp3) is 0.688. The van der Waals surface area contributed by atoms with Crippen molar-refractivity contribution in [3.63, 3.8) is 0 Å². The molecule has 0 radical (unpaired) electrons. The molecule has 22 heavy (non-hydrogen) atoms. The van der Waals surface area contributed by atoms with Gasteiger partial charge in [-0.25, -0.2) is 4.98 Å². The van der Waals surface area contributed by atoms with E-state index in [1.54, 1.807) is 0 Å². The van der Waals surface area contributed by atoms with Gasteiger partial charge in [-0.15, -0.1) is 0 Å². The number of nitrogens with zero attached hydrogens (tertiary/aromatic N) is 3. The molecule has 3 nitrogen and oxygen atoms in total. The van der Waals surface area contributed by atoms with E-state index < -0.39 is 11.7 Å². The van der Waals surface area contributed by atoms with Crippen LogP contribution < -0.4 is 4.90 Å². The normalized spacial score (nSPS) is 26.0. The van der Waals surface area contributed by atoms with E-state index in [9.17, 15) is 13.2 Å².